The van der Waals surface area contributed by atoms with Gasteiger partial charge in [0, 0.05) is 16.5 Å². The van der Waals surface area contributed by atoms with Gasteiger partial charge in [0.1, 0.15) is 5.82 Å². The average molecular weight is 310 g/mol. The fourth-order valence-electron chi connectivity index (χ4n) is 1.49. The van der Waals surface area contributed by atoms with E-state index in [9.17, 15) is 9.18 Å². The van der Waals surface area contributed by atoms with Gasteiger partial charge in [0.25, 0.3) is 0 Å². The molecule has 0 spiro atoms. The second kappa shape index (κ2) is 6.57. The lowest BCUT2D eigenvalue weighted by Gasteiger charge is -2.03. The van der Waals surface area contributed by atoms with Gasteiger partial charge in [-0.05, 0) is 18.2 Å². The number of nitrogens with zero attached hydrogens (tertiary/aromatic N) is 2. The first-order valence-electron chi connectivity index (χ1n) is 6.26. The van der Waals surface area contributed by atoms with Gasteiger partial charge in [-0.3, -0.25) is 10.1 Å². The third-order valence-corrected chi connectivity index (χ3v) is 3.42. The molecule has 0 aliphatic heterocycles. The van der Waals surface area contributed by atoms with Gasteiger partial charge >= 0.3 is 6.01 Å². The summed E-state index contributed by atoms with van der Waals surface area (Å²) in [6.45, 7) is 3.81. The number of anilines is 2. The summed E-state index contributed by atoms with van der Waals surface area (Å²) < 4.78 is 18.4. The Balaban J connectivity index is 1.89. The maximum absolute atomic E-state index is 13.2. The molecule has 21 heavy (non-hydrogen) atoms. The van der Waals surface area contributed by atoms with Gasteiger partial charge in [0.15, 0.2) is 0 Å². The van der Waals surface area contributed by atoms with Crippen LogP contribution in [0.2, 0.25) is 0 Å². The molecule has 1 amide bonds. The molecule has 0 saturated heterocycles. The van der Waals surface area contributed by atoms with Crippen molar-refractivity contribution in [2.24, 2.45) is 0 Å². The molecule has 2 rings (SSSR count). The fourth-order valence-corrected chi connectivity index (χ4v) is 2.28. The molecule has 8 heteroatoms. The predicted octanol–water partition coefficient (Wildman–Crippen LogP) is 2.65. The molecule has 0 fully saturated rings. The second-order valence-electron chi connectivity index (χ2n) is 4.66. The number of hydrogen-bond acceptors (Lipinski definition) is 6. The van der Waals surface area contributed by atoms with E-state index in [-0.39, 0.29) is 23.6 Å². The number of amides is 1. The molecule has 0 bridgehead atoms. The lowest BCUT2D eigenvalue weighted by Crippen LogP contribution is -2.14. The molecule has 6 nitrogen and oxygen atoms in total. The maximum Gasteiger partial charge on any atom is 0.322 e. The van der Waals surface area contributed by atoms with E-state index in [2.05, 4.69) is 15.5 Å². The fraction of sp³-hybridized carbons (Fsp3) is 0.308. The minimum absolute atomic E-state index is 0.0584. The Morgan fingerprint density at radius 3 is 2.81 bits per heavy atom. The Morgan fingerprint density at radius 2 is 2.19 bits per heavy atom. The number of benzene rings is 1. The topological polar surface area (TPSA) is 94.0 Å². The van der Waals surface area contributed by atoms with Gasteiger partial charge in [-0.25, -0.2) is 4.39 Å². The van der Waals surface area contributed by atoms with Crippen LogP contribution in [0.25, 0.3) is 0 Å². The minimum atomic E-state index is -0.434. The van der Waals surface area contributed by atoms with Crippen LogP contribution in [-0.2, 0) is 4.79 Å². The molecule has 0 aliphatic carbocycles. The standard InChI is InChI=1S/C13H15FN4O2S/c1-7(2)12-17-18-13(20-12)16-11(19)6-21-10-4-8(14)3-9(15)5-10/h3-5,7H,6,15H2,1-2H3,(H,16,18,19). The lowest BCUT2D eigenvalue weighted by molar-refractivity contribution is -0.113. The summed E-state index contributed by atoms with van der Waals surface area (Å²) in [6.07, 6.45) is 0. The first kappa shape index (κ1) is 15.3. The number of halogens is 1. The molecule has 0 atom stereocenters. The van der Waals surface area contributed by atoms with Gasteiger partial charge in [-0.2, -0.15) is 0 Å². The third-order valence-electron chi connectivity index (χ3n) is 2.44. The van der Waals surface area contributed by atoms with Crippen LogP contribution >= 0.6 is 11.8 Å². The smallest absolute Gasteiger partial charge is 0.322 e. The zero-order valence-electron chi connectivity index (χ0n) is 11.6. The number of nitrogen functional groups attached to an aromatic ring is 1. The van der Waals surface area contributed by atoms with Gasteiger partial charge in [0.05, 0.1) is 5.75 Å². The first-order valence-corrected chi connectivity index (χ1v) is 7.24. The summed E-state index contributed by atoms with van der Waals surface area (Å²) in [7, 11) is 0. The van der Waals surface area contributed by atoms with Crippen molar-refractivity contribution < 1.29 is 13.6 Å². The van der Waals surface area contributed by atoms with Crippen LogP contribution in [-0.4, -0.2) is 21.9 Å². The molecule has 0 unspecified atom stereocenters. The lowest BCUT2D eigenvalue weighted by atomic mass is 10.2. The summed E-state index contributed by atoms with van der Waals surface area (Å²) in [5.74, 6) is -0.121. The largest absolute Gasteiger partial charge is 0.408 e. The van der Waals surface area contributed by atoms with Crippen molar-refractivity contribution in [3.05, 3.63) is 29.9 Å². The van der Waals surface area contributed by atoms with Crippen molar-refractivity contribution in [2.45, 2.75) is 24.7 Å². The Morgan fingerprint density at radius 1 is 1.43 bits per heavy atom. The molecule has 0 saturated carbocycles. The highest BCUT2D eigenvalue weighted by Gasteiger charge is 2.12. The van der Waals surface area contributed by atoms with E-state index in [1.807, 2.05) is 13.8 Å². The minimum Gasteiger partial charge on any atom is -0.408 e. The van der Waals surface area contributed by atoms with Crippen LogP contribution in [0.15, 0.2) is 27.5 Å². The summed E-state index contributed by atoms with van der Waals surface area (Å²) in [5.41, 5.74) is 5.85. The number of nitrogens with one attached hydrogen (secondary N) is 1. The molecule has 0 aliphatic rings. The highest BCUT2D eigenvalue weighted by atomic mass is 32.2. The van der Waals surface area contributed by atoms with E-state index in [1.165, 1.54) is 23.9 Å². The van der Waals surface area contributed by atoms with Crippen molar-refractivity contribution in [1.29, 1.82) is 0 Å². The maximum atomic E-state index is 13.2. The van der Waals surface area contributed by atoms with E-state index in [0.717, 1.165) is 0 Å². The Hall–Kier alpha value is -2.09. The average Bonchev–Trinajstić information content (AvgIpc) is 2.84. The van der Waals surface area contributed by atoms with E-state index in [4.69, 9.17) is 10.2 Å². The first-order chi connectivity index (χ1) is 9.94. The molecular weight excluding hydrogens is 295 g/mol. The van der Waals surface area contributed by atoms with Crippen molar-refractivity contribution in [3.63, 3.8) is 0 Å². The van der Waals surface area contributed by atoms with Crippen LogP contribution in [0, 0.1) is 5.82 Å². The van der Waals surface area contributed by atoms with Gasteiger partial charge < -0.3 is 10.2 Å². The monoisotopic (exact) mass is 310 g/mol. The summed E-state index contributed by atoms with van der Waals surface area (Å²) in [5, 5.41) is 10.0. The Bertz CT molecular complexity index is 625. The quantitative estimate of drug-likeness (QED) is 0.651. The molecule has 0 radical (unpaired) electrons. The van der Waals surface area contributed by atoms with E-state index >= 15 is 0 Å². The molecule has 1 aromatic carbocycles. The number of carbonyl (C=O) groups excluding carboxylic acids is 1. The summed E-state index contributed by atoms with van der Waals surface area (Å²) in [4.78, 5) is 12.3. The van der Waals surface area contributed by atoms with Gasteiger partial charge in [0.2, 0.25) is 11.8 Å². The van der Waals surface area contributed by atoms with Crippen LogP contribution in [0.1, 0.15) is 25.7 Å². The molecule has 1 aromatic heterocycles. The molecule has 112 valence electrons. The number of carbonyl (C=O) groups is 1. The zero-order valence-corrected chi connectivity index (χ0v) is 12.4. The van der Waals surface area contributed by atoms with Crippen LogP contribution < -0.4 is 11.1 Å². The molecule has 1 heterocycles. The number of hydrogen-bond donors (Lipinski definition) is 2. The zero-order chi connectivity index (χ0) is 15.4. The molecule has 3 N–H and O–H groups in total. The molecular formula is C13H15FN4O2S. The number of rotatable bonds is 5. The summed E-state index contributed by atoms with van der Waals surface area (Å²) >= 11 is 1.17. The SMILES string of the molecule is CC(C)c1nnc(NC(=O)CSc2cc(N)cc(F)c2)o1. The Kier molecular flexibility index (Phi) is 4.79. The second-order valence-corrected chi connectivity index (χ2v) is 5.71. The van der Waals surface area contributed by atoms with Crippen LogP contribution in [0.4, 0.5) is 16.1 Å². The van der Waals surface area contributed by atoms with E-state index < -0.39 is 5.82 Å². The van der Waals surface area contributed by atoms with Crippen molar-refractivity contribution in [3.8, 4) is 0 Å². The van der Waals surface area contributed by atoms with Crippen molar-refractivity contribution >= 4 is 29.4 Å². The van der Waals surface area contributed by atoms with Crippen molar-refractivity contribution in [1.82, 2.24) is 10.2 Å². The van der Waals surface area contributed by atoms with Gasteiger partial charge in [-0.15, -0.1) is 16.9 Å². The van der Waals surface area contributed by atoms with Crippen molar-refractivity contribution in [2.75, 3.05) is 16.8 Å². The highest BCUT2D eigenvalue weighted by Crippen LogP contribution is 2.22. The van der Waals surface area contributed by atoms with Crippen LogP contribution in [0.5, 0.6) is 0 Å². The normalized spacial score (nSPS) is 10.9. The van der Waals surface area contributed by atoms with Gasteiger partial charge in [-0.1, -0.05) is 18.9 Å². The molecule has 2 aromatic rings. The van der Waals surface area contributed by atoms with E-state index in [1.54, 1.807) is 6.07 Å². The number of thioether (sulfide) groups is 1. The predicted molar refractivity (Wildman–Crippen MR) is 78.6 cm³/mol. The van der Waals surface area contributed by atoms with Crippen LogP contribution in [0.3, 0.4) is 0 Å². The number of nitrogens with two attached hydrogens (primary N) is 1. The highest BCUT2D eigenvalue weighted by molar-refractivity contribution is 8.00. The summed E-state index contributed by atoms with van der Waals surface area (Å²) in [6, 6.07) is 4.20. The third kappa shape index (κ3) is 4.45. The Labute approximate surface area is 125 Å². The van der Waals surface area contributed by atoms with E-state index in [0.29, 0.717) is 16.5 Å². The number of aromatic nitrogens is 2.